The summed E-state index contributed by atoms with van der Waals surface area (Å²) in [6.45, 7) is 5.64. The second-order valence-electron chi connectivity index (χ2n) is 10.2. The van der Waals surface area contributed by atoms with Gasteiger partial charge in [-0.2, -0.15) is 0 Å². The molecule has 0 spiro atoms. The van der Waals surface area contributed by atoms with Crippen molar-refractivity contribution in [2.24, 2.45) is 11.8 Å². The summed E-state index contributed by atoms with van der Waals surface area (Å²) in [6.07, 6.45) is 5.90. The van der Waals surface area contributed by atoms with Crippen LogP contribution >= 0.6 is 0 Å². The highest BCUT2D eigenvalue weighted by Crippen LogP contribution is 2.32. The highest BCUT2D eigenvalue weighted by molar-refractivity contribution is 5.79. The van der Waals surface area contributed by atoms with Gasteiger partial charge in [-0.05, 0) is 68.7 Å². The summed E-state index contributed by atoms with van der Waals surface area (Å²) >= 11 is 0. The smallest absolute Gasteiger partial charge is 0.253 e. The van der Waals surface area contributed by atoms with Gasteiger partial charge in [0, 0.05) is 57.4 Å². The molecule has 2 aromatic carbocycles. The number of hydrogen-bond acceptors (Lipinski definition) is 7. The van der Waals surface area contributed by atoms with Gasteiger partial charge >= 0.3 is 0 Å². The SMILES string of the molecule is COc1ccc(N2CCN(C(=O)C3CCC(CNc4c(N5CCCC5)c(=O)c4=O)CC3)CC2)cc1. The Morgan fingerprint density at radius 1 is 0.886 bits per heavy atom. The van der Waals surface area contributed by atoms with Crippen molar-refractivity contribution >= 4 is 23.0 Å². The number of piperazine rings is 1. The highest BCUT2D eigenvalue weighted by atomic mass is 16.5. The summed E-state index contributed by atoms with van der Waals surface area (Å²) in [7, 11) is 1.67. The van der Waals surface area contributed by atoms with E-state index < -0.39 is 0 Å². The highest BCUT2D eigenvalue weighted by Gasteiger charge is 2.32. The summed E-state index contributed by atoms with van der Waals surface area (Å²) in [5, 5.41) is 3.29. The Bertz CT molecular complexity index is 1090. The lowest BCUT2D eigenvalue weighted by atomic mass is 9.81. The van der Waals surface area contributed by atoms with Crippen LogP contribution in [0.5, 0.6) is 5.75 Å². The Balaban J connectivity index is 1.07. The lowest BCUT2D eigenvalue weighted by Gasteiger charge is -2.39. The molecule has 0 bridgehead atoms. The number of rotatable bonds is 7. The van der Waals surface area contributed by atoms with Crippen LogP contribution in [0.4, 0.5) is 17.1 Å². The number of carbonyl (C=O) groups excluding carboxylic acids is 1. The Kier molecular flexibility index (Phi) is 6.97. The van der Waals surface area contributed by atoms with Crippen LogP contribution in [0.1, 0.15) is 38.5 Å². The van der Waals surface area contributed by atoms with Crippen LogP contribution in [-0.4, -0.2) is 63.7 Å². The Labute approximate surface area is 206 Å². The molecule has 2 aliphatic heterocycles. The van der Waals surface area contributed by atoms with Gasteiger partial charge in [-0.1, -0.05) is 0 Å². The lowest BCUT2D eigenvalue weighted by Crippen LogP contribution is -2.50. The van der Waals surface area contributed by atoms with Gasteiger partial charge in [-0.25, -0.2) is 0 Å². The Hall–Kier alpha value is -3.03. The molecule has 3 aliphatic rings. The average molecular weight is 481 g/mol. The molecule has 3 fully saturated rings. The third-order valence-corrected chi connectivity index (χ3v) is 8.10. The van der Waals surface area contributed by atoms with Crippen molar-refractivity contribution in [1.82, 2.24) is 4.90 Å². The molecule has 1 amide bonds. The molecule has 0 unspecified atom stereocenters. The molecule has 35 heavy (non-hydrogen) atoms. The average Bonchev–Trinajstić information content (AvgIpc) is 3.44. The molecule has 5 rings (SSSR count). The van der Waals surface area contributed by atoms with Gasteiger partial charge < -0.3 is 24.8 Å². The minimum absolute atomic E-state index is 0.102. The van der Waals surface area contributed by atoms with Crippen LogP contribution < -0.4 is 30.7 Å². The van der Waals surface area contributed by atoms with E-state index in [-0.39, 0.29) is 16.8 Å². The van der Waals surface area contributed by atoms with Crippen molar-refractivity contribution in [3.63, 3.8) is 0 Å². The van der Waals surface area contributed by atoms with Crippen LogP contribution in [0.15, 0.2) is 33.9 Å². The van der Waals surface area contributed by atoms with Gasteiger partial charge in [0.15, 0.2) is 0 Å². The van der Waals surface area contributed by atoms with Crippen LogP contribution in [0.25, 0.3) is 0 Å². The van der Waals surface area contributed by atoms with E-state index >= 15 is 0 Å². The number of methoxy groups -OCH3 is 1. The number of anilines is 3. The predicted molar refractivity (Wildman–Crippen MR) is 139 cm³/mol. The van der Waals surface area contributed by atoms with E-state index in [9.17, 15) is 14.4 Å². The summed E-state index contributed by atoms with van der Waals surface area (Å²) in [5.74, 6) is 1.68. The van der Waals surface area contributed by atoms with Crippen molar-refractivity contribution < 1.29 is 9.53 Å². The summed E-state index contributed by atoms with van der Waals surface area (Å²) in [6, 6.07) is 8.09. The van der Waals surface area contributed by atoms with Crippen molar-refractivity contribution in [1.29, 1.82) is 0 Å². The monoisotopic (exact) mass is 480 g/mol. The summed E-state index contributed by atoms with van der Waals surface area (Å²) in [4.78, 5) is 43.7. The number of hydrogen-bond donors (Lipinski definition) is 1. The van der Waals surface area contributed by atoms with E-state index in [2.05, 4.69) is 27.2 Å². The first-order valence-electron chi connectivity index (χ1n) is 13.0. The number of ether oxygens (including phenoxy) is 1. The molecule has 8 heteroatoms. The Morgan fingerprint density at radius 3 is 2.17 bits per heavy atom. The Morgan fingerprint density at radius 2 is 1.54 bits per heavy atom. The third kappa shape index (κ3) is 4.88. The molecule has 2 aromatic rings. The molecular formula is C27H36N4O4. The van der Waals surface area contributed by atoms with E-state index in [0.717, 1.165) is 83.5 Å². The fraction of sp³-hybridized carbons (Fsp3) is 0.593. The maximum Gasteiger partial charge on any atom is 0.253 e. The van der Waals surface area contributed by atoms with E-state index in [1.165, 1.54) is 5.69 Å². The largest absolute Gasteiger partial charge is 0.497 e. The third-order valence-electron chi connectivity index (χ3n) is 8.10. The van der Waals surface area contributed by atoms with Crippen LogP contribution in [0, 0.1) is 11.8 Å². The number of carbonyl (C=O) groups is 1. The summed E-state index contributed by atoms with van der Waals surface area (Å²) < 4.78 is 5.24. The predicted octanol–water partition coefficient (Wildman–Crippen LogP) is 2.46. The van der Waals surface area contributed by atoms with Gasteiger partial charge in [0.25, 0.3) is 10.9 Å². The zero-order valence-electron chi connectivity index (χ0n) is 20.6. The molecule has 188 valence electrons. The quantitative estimate of drug-likeness (QED) is 0.610. The van der Waals surface area contributed by atoms with Crippen molar-refractivity contribution in [3.8, 4) is 5.75 Å². The van der Waals surface area contributed by atoms with Gasteiger partial charge in [-0.3, -0.25) is 14.4 Å². The number of nitrogens with zero attached hydrogens (tertiary/aromatic N) is 3. The van der Waals surface area contributed by atoms with Gasteiger partial charge in [-0.15, -0.1) is 0 Å². The van der Waals surface area contributed by atoms with E-state index in [1.807, 2.05) is 17.0 Å². The number of amides is 1. The molecule has 2 heterocycles. The molecular weight excluding hydrogens is 444 g/mol. The van der Waals surface area contributed by atoms with E-state index in [0.29, 0.717) is 29.7 Å². The second kappa shape index (κ2) is 10.3. The first-order valence-corrected chi connectivity index (χ1v) is 13.0. The molecule has 1 aliphatic carbocycles. The van der Waals surface area contributed by atoms with Gasteiger partial charge in [0.05, 0.1) is 7.11 Å². The van der Waals surface area contributed by atoms with E-state index in [4.69, 9.17) is 4.74 Å². The van der Waals surface area contributed by atoms with Crippen molar-refractivity contribution in [2.75, 3.05) is 68.0 Å². The number of benzene rings is 1. The van der Waals surface area contributed by atoms with Crippen LogP contribution in [0.2, 0.25) is 0 Å². The molecule has 0 aromatic heterocycles. The maximum atomic E-state index is 13.2. The standard InChI is InChI=1S/C27H36N4O4/c1-35-22-10-8-21(9-11-22)29-14-16-31(17-15-29)27(34)20-6-4-19(5-7-20)18-28-23-24(26(33)25(23)32)30-12-2-3-13-30/h8-11,19-20,28H,2-7,12-18H2,1H3. The van der Waals surface area contributed by atoms with Crippen LogP contribution in [-0.2, 0) is 4.79 Å². The fourth-order valence-corrected chi connectivity index (χ4v) is 5.88. The minimum Gasteiger partial charge on any atom is -0.497 e. The van der Waals surface area contributed by atoms with Gasteiger partial charge in [0.2, 0.25) is 5.91 Å². The lowest BCUT2D eigenvalue weighted by molar-refractivity contribution is -0.137. The normalized spacial score (nSPS) is 23.1. The maximum absolute atomic E-state index is 13.2. The minimum atomic E-state index is -0.371. The van der Waals surface area contributed by atoms with Gasteiger partial charge in [0.1, 0.15) is 17.1 Å². The topological polar surface area (TPSA) is 82.2 Å². The molecule has 2 saturated heterocycles. The molecule has 1 N–H and O–H groups in total. The summed E-state index contributed by atoms with van der Waals surface area (Å²) in [5.41, 5.74) is 1.58. The fourth-order valence-electron chi connectivity index (χ4n) is 5.88. The number of nitrogens with one attached hydrogen (secondary N) is 1. The zero-order chi connectivity index (χ0) is 24.4. The van der Waals surface area contributed by atoms with Crippen molar-refractivity contribution in [3.05, 3.63) is 44.7 Å². The molecule has 0 radical (unpaired) electrons. The zero-order valence-corrected chi connectivity index (χ0v) is 20.6. The first-order chi connectivity index (χ1) is 17.0. The molecule has 1 saturated carbocycles. The second-order valence-corrected chi connectivity index (χ2v) is 10.2. The molecule has 0 atom stereocenters. The van der Waals surface area contributed by atoms with Crippen molar-refractivity contribution in [2.45, 2.75) is 38.5 Å². The molecule has 8 nitrogen and oxygen atoms in total. The van der Waals surface area contributed by atoms with Crippen LogP contribution in [0.3, 0.4) is 0 Å². The van der Waals surface area contributed by atoms with E-state index in [1.54, 1.807) is 7.11 Å². The first kappa shape index (κ1) is 23.7.